The fraction of sp³-hybridized carbons (Fsp3) is 0.300. The Morgan fingerprint density at radius 1 is 1.04 bits per heavy atom. The molecule has 0 aliphatic rings. The molecule has 5 heteroatoms. The highest BCUT2D eigenvalue weighted by molar-refractivity contribution is 5.79. The van der Waals surface area contributed by atoms with Crippen LogP contribution in [-0.2, 0) is 22.6 Å². The number of carbonyl (C=O) groups excluding carboxylic acids is 2. The highest BCUT2D eigenvalue weighted by Gasteiger charge is 2.15. The third-order valence-corrected chi connectivity index (χ3v) is 3.87. The molecule has 0 heterocycles. The van der Waals surface area contributed by atoms with Gasteiger partial charge >= 0.3 is 0 Å². The minimum atomic E-state index is -0.428. The van der Waals surface area contributed by atoms with Crippen molar-refractivity contribution in [3.63, 3.8) is 0 Å². The summed E-state index contributed by atoms with van der Waals surface area (Å²) in [5, 5.41) is 0. The summed E-state index contributed by atoms with van der Waals surface area (Å²) in [6.07, 6.45) is 1.04. The van der Waals surface area contributed by atoms with Gasteiger partial charge in [-0.3, -0.25) is 9.59 Å². The van der Waals surface area contributed by atoms with E-state index in [9.17, 15) is 9.59 Å². The Morgan fingerprint density at radius 2 is 1.76 bits per heavy atom. The number of ether oxygens (including phenoxy) is 1. The SMILES string of the molecule is CCc1cccc(OCC(=O)N(CCC(N)=O)Cc2ccccc2)c1. The van der Waals surface area contributed by atoms with Crippen molar-refractivity contribution in [3.8, 4) is 5.75 Å². The highest BCUT2D eigenvalue weighted by Crippen LogP contribution is 2.14. The first-order valence-electron chi connectivity index (χ1n) is 8.40. The molecule has 0 aromatic heterocycles. The summed E-state index contributed by atoms with van der Waals surface area (Å²) in [5.41, 5.74) is 7.37. The van der Waals surface area contributed by atoms with Crippen LogP contribution in [-0.4, -0.2) is 29.9 Å². The number of nitrogens with two attached hydrogens (primary N) is 1. The summed E-state index contributed by atoms with van der Waals surface area (Å²) >= 11 is 0. The third-order valence-electron chi connectivity index (χ3n) is 3.87. The normalized spacial score (nSPS) is 10.3. The summed E-state index contributed by atoms with van der Waals surface area (Å²) in [4.78, 5) is 25.2. The second-order valence-corrected chi connectivity index (χ2v) is 5.81. The summed E-state index contributed by atoms with van der Waals surface area (Å²) in [7, 11) is 0. The number of hydrogen-bond donors (Lipinski definition) is 1. The molecule has 2 rings (SSSR count). The quantitative estimate of drug-likeness (QED) is 0.762. The summed E-state index contributed by atoms with van der Waals surface area (Å²) in [6.45, 7) is 2.70. The molecule has 2 aromatic carbocycles. The van der Waals surface area contributed by atoms with E-state index in [2.05, 4.69) is 6.92 Å². The second-order valence-electron chi connectivity index (χ2n) is 5.81. The monoisotopic (exact) mass is 340 g/mol. The van der Waals surface area contributed by atoms with E-state index in [1.54, 1.807) is 4.90 Å². The molecule has 0 bridgehead atoms. The zero-order chi connectivity index (χ0) is 18.1. The smallest absolute Gasteiger partial charge is 0.260 e. The first-order valence-corrected chi connectivity index (χ1v) is 8.40. The Kier molecular flexibility index (Phi) is 7.01. The molecule has 132 valence electrons. The largest absolute Gasteiger partial charge is 0.484 e. The van der Waals surface area contributed by atoms with Gasteiger partial charge in [0.25, 0.3) is 5.91 Å². The fourth-order valence-corrected chi connectivity index (χ4v) is 2.43. The number of primary amides is 1. The van der Waals surface area contributed by atoms with Gasteiger partial charge in [0.2, 0.25) is 5.91 Å². The van der Waals surface area contributed by atoms with E-state index in [-0.39, 0.29) is 25.5 Å². The van der Waals surface area contributed by atoms with Crippen molar-refractivity contribution in [1.82, 2.24) is 4.90 Å². The Hall–Kier alpha value is -2.82. The molecule has 2 aromatic rings. The van der Waals surface area contributed by atoms with E-state index in [0.717, 1.165) is 17.5 Å². The molecule has 0 unspecified atom stereocenters. The van der Waals surface area contributed by atoms with Gasteiger partial charge in [0, 0.05) is 19.5 Å². The maximum atomic E-state index is 12.5. The lowest BCUT2D eigenvalue weighted by Gasteiger charge is -2.22. The number of nitrogens with zero attached hydrogens (tertiary/aromatic N) is 1. The molecule has 0 aliphatic heterocycles. The number of carbonyl (C=O) groups is 2. The average molecular weight is 340 g/mol. The van der Waals surface area contributed by atoms with Gasteiger partial charge in [-0.15, -0.1) is 0 Å². The minimum Gasteiger partial charge on any atom is -0.484 e. The number of benzene rings is 2. The molecule has 25 heavy (non-hydrogen) atoms. The molecule has 0 spiro atoms. The topological polar surface area (TPSA) is 72.6 Å². The summed E-state index contributed by atoms with van der Waals surface area (Å²) in [5.74, 6) is 0.0664. The van der Waals surface area contributed by atoms with Crippen molar-refractivity contribution in [2.75, 3.05) is 13.2 Å². The molecule has 2 amide bonds. The van der Waals surface area contributed by atoms with Crippen LogP contribution in [0.15, 0.2) is 54.6 Å². The maximum Gasteiger partial charge on any atom is 0.260 e. The van der Waals surface area contributed by atoms with Crippen LogP contribution < -0.4 is 10.5 Å². The molecular formula is C20H24N2O3. The van der Waals surface area contributed by atoms with Crippen LogP contribution in [0, 0.1) is 0 Å². The molecule has 0 aliphatic carbocycles. The van der Waals surface area contributed by atoms with Crippen molar-refractivity contribution in [3.05, 3.63) is 65.7 Å². The number of amides is 2. The fourth-order valence-electron chi connectivity index (χ4n) is 2.43. The van der Waals surface area contributed by atoms with E-state index in [1.165, 1.54) is 0 Å². The van der Waals surface area contributed by atoms with Gasteiger partial charge in [-0.1, -0.05) is 49.4 Å². The van der Waals surface area contributed by atoms with Crippen molar-refractivity contribution < 1.29 is 14.3 Å². The minimum absolute atomic E-state index is 0.0707. The lowest BCUT2D eigenvalue weighted by Crippen LogP contribution is -2.36. The van der Waals surface area contributed by atoms with Gasteiger partial charge in [-0.05, 0) is 29.7 Å². The van der Waals surface area contributed by atoms with Crippen LogP contribution >= 0.6 is 0 Å². The zero-order valence-electron chi connectivity index (χ0n) is 14.5. The van der Waals surface area contributed by atoms with Crippen LogP contribution in [0.2, 0.25) is 0 Å². The Morgan fingerprint density at radius 3 is 2.44 bits per heavy atom. The van der Waals surface area contributed by atoms with Crippen LogP contribution in [0.25, 0.3) is 0 Å². The van der Waals surface area contributed by atoms with Gasteiger partial charge in [0.1, 0.15) is 5.75 Å². The maximum absolute atomic E-state index is 12.5. The van der Waals surface area contributed by atoms with Crippen molar-refractivity contribution >= 4 is 11.8 Å². The summed E-state index contributed by atoms with van der Waals surface area (Å²) in [6, 6.07) is 17.3. The first-order chi connectivity index (χ1) is 12.1. The zero-order valence-corrected chi connectivity index (χ0v) is 14.5. The van der Waals surface area contributed by atoms with E-state index >= 15 is 0 Å². The predicted molar refractivity (Wildman–Crippen MR) is 97.0 cm³/mol. The molecule has 0 saturated carbocycles. The third kappa shape index (κ3) is 6.30. The van der Waals surface area contributed by atoms with E-state index < -0.39 is 5.91 Å². The van der Waals surface area contributed by atoms with E-state index in [0.29, 0.717) is 12.3 Å². The number of aryl methyl sites for hydroxylation is 1. The van der Waals surface area contributed by atoms with Crippen molar-refractivity contribution in [1.29, 1.82) is 0 Å². The Bertz CT molecular complexity index is 701. The summed E-state index contributed by atoms with van der Waals surface area (Å²) < 4.78 is 5.63. The molecule has 0 fully saturated rings. The molecule has 0 atom stereocenters. The second kappa shape index (κ2) is 9.47. The Balaban J connectivity index is 1.99. The van der Waals surface area contributed by atoms with Crippen LogP contribution in [0.3, 0.4) is 0 Å². The van der Waals surface area contributed by atoms with Crippen LogP contribution in [0.1, 0.15) is 24.5 Å². The van der Waals surface area contributed by atoms with E-state index in [4.69, 9.17) is 10.5 Å². The van der Waals surface area contributed by atoms with Crippen LogP contribution in [0.4, 0.5) is 0 Å². The molecule has 0 radical (unpaired) electrons. The van der Waals surface area contributed by atoms with E-state index in [1.807, 2.05) is 54.6 Å². The average Bonchev–Trinajstić information content (AvgIpc) is 2.64. The molecular weight excluding hydrogens is 316 g/mol. The lowest BCUT2D eigenvalue weighted by atomic mass is 10.2. The van der Waals surface area contributed by atoms with Crippen LogP contribution in [0.5, 0.6) is 5.75 Å². The number of hydrogen-bond acceptors (Lipinski definition) is 3. The van der Waals surface area contributed by atoms with Crippen molar-refractivity contribution in [2.45, 2.75) is 26.3 Å². The lowest BCUT2D eigenvalue weighted by molar-refractivity contribution is -0.134. The molecule has 0 saturated heterocycles. The predicted octanol–water partition coefficient (Wildman–Crippen LogP) is 2.53. The molecule has 5 nitrogen and oxygen atoms in total. The highest BCUT2D eigenvalue weighted by atomic mass is 16.5. The van der Waals surface area contributed by atoms with Gasteiger partial charge in [0.05, 0.1) is 0 Å². The van der Waals surface area contributed by atoms with Gasteiger partial charge in [0.15, 0.2) is 6.61 Å². The number of rotatable bonds is 9. The van der Waals surface area contributed by atoms with Gasteiger partial charge in [-0.2, -0.15) is 0 Å². The van der Waals surface area contributed by atoms with Gasteiger partial charge in [-0.25, -0.2) is 0 Å². The first kappa shape index (κ1) is 18.5. The standard InChI is InChI=1S/C20H24N2O3/c1-2-16-9-6-10-18(13-16)25-15-20(24)22(12-11-19(21)23)14-17-7-4-3-5-8-17/h3-10,13H,2,11-12,14-15H2,1H3,(H2,21,23). The van der Waals surface area contributed by atoms with Crippen molar-refractivity contribution in [2.24, 2.45) is 5.73 Å². The van der Waals surface area contributed by atoms with Gasteiger partial charge < -0.3 is 15.4 Å². The molecule has 2 N–H and O–H groups in total. The Labute approximate surface area is 148 Å².